The zero-order chi connectivity index (χ0) is 8.39. The zero-order valence-electron chi connectivity index (χ0n) is 6.64. The molecule has 0 aliphatic heterocycles. The standard InChI is InChI=1S/C9H10N2O/c12-6-4-8-7-10-9-3-1-2-5-11(8)9/h1-3,5,7,12H,4,6H2. The molecule has 2 aromatic heterocycles. The Balaban J connectivity index is 2.55. The maximum Gasteiger partial charge on any atom is 0.136 e. The number of aromatic nitrogens is 2. The summed E-state index contributed by atoms with van der Waals surface area (Å²) in [5.74, 6) is 0. The van der Waals surface area contributed by atoms with E-state index >= 15 is 0 Å². The van der Waals surface area contributed by atoms with Gasteiger partial charge in [0.1, 0.15) is 5.65 Å². The van der Waals surface area contributed by atoms with Crippen molar-refractivity contribution in [2.45, 2.75) is 6.42 Å². The van der Waals surface area contributed by atoms with Gasteiger partial charge in [0.25, 0.3) is 0 Å². The molecule has 0 spiro atoms. The van der Waals surface area contributed by atoms with Crippen LogP contribution in [0.15, 0.2) is 30.6 Å². The van der Waals surface area contributed by atoms with Crippen LogP contribution in [0.2, 0.25) is 0 Å². The fourth-order valence-electron chi connectivity index (χ4n) is 1.28. The molecule has 0 saturated heterocycles. The van der Waals surface area contributed by atoms with Gasteiger partial charge in [0, 0.05) is 31.1 Å². The van der Waals surface area contributed by atoms with Gasteiger partial charge in [-0.2, -0.15) is 0 Å². The van der Waals surface area contributed by atoms with Crippen molar-refractivity contribution in [2.24, 2.45) is 0 Å². The van der Waals surface area contributed by atoms with Crippen LogP contribution in [0.5, 0.6) is 0 Å². The number of aliphatic hydroxyl groups excluding tert-OH is 1. The molecule has 0 atom stereocenters. The van der Waals surface area contributed by atoms with Gasteiger partial charge in [-0.1, -0.05) is 6.07 Å². The lowest BCUT2D eigenvalue weighted by molar-refractivity contribution is 0.298. The monoisotopic (exact) mass is 162 g/mol. The summed E-state index contributed by atoms with van der Waals surface area (Å²) in [6.07, 6.45) is 4.41. The van der Waals surface area contributed by atoms with Crippen LogP contribution in [0.1, 0.15) is 5.69 Å². The summed E-state index contributed by atoms with van der Waals surface area (Å²) in [5.41, 5.74) is 1.98. The lowest BCUT2D eigenvalue weighted by Crippen LogP contribution is -1.95. The fraction of sp³-hybridized carbons (Fsp3) is 0.222. The normalized spacial score (nSPS) is 10.8. The molecular weight excluding hydrogens is 152 g/mol. The molecule has 0 unspecified atom stereocenters. The van der Waals surface area contributed by atoms with Crippen LogP contribution in [0, 0.1) is 0 Å². The van der Waals surface area contributed by atoms with Gasteiger partial charge in [0.15, 0.2) is 0 Å². The fourth-order valence-corrected chi connectivity index (χ4v) is 1.28. The molecule has 2 rings (SSSR count). The summed E-state index contributed by atoms with van der Waals surface area (Å²) < 4.78 is 1.98. The van der Waals surface area contributed by atoms with Gasteiger partial charge < -0.3 is 9.51 Å². The number of rotatable bonds is 2. The SMILES string of the molecule is OCCc1cnc2ccccn12. The quantitative estimate of drug-likeness (QED) is 0.711. The Hall–Kier alpha value is -1.35. The van der Waals surface area contributed by atoms with Crippen molar-refractivity contribution in [1.29, 1.82) is 0 Å². The van der Waals surface area contributed by atoms with E-state index in [1.165, 1.54) is 0 Å². The highest BCUT2D eigenvalue weighted by molar-refractivity contribution is 5.39. The van der Waals surface area contributed by atoms with E-state index in [4.69, 9.17) is 5.11 Å². The molecule has 1 N–H and O–H groups in total. The molecule has 2 heterocycles. The minimum atomic E-state index is 0.169. The maximum atomic E-state index is 8.76. The van der Waals surface area contributed by atoms with Gasteiger partial charge in [0.05, 0.1) is 0 Å². The van der Waals surface area contributed by atoms with Crippen LogP contribution in [-0.4, -0.2) is 21.1 Å². The van der Waals surface area contributed by atoms with Crippen LogP contribution in [0.4, 0.5) is 0 Å². The molecule has 0 amide bonds. The Kier molecular flexibility index (Phi) is 1.80. The first-order valence-corrected chi connectivity index (χ1v) is 3.93. The molecule has 0 bridgehead atoms. The highest BCUT2D eigenvalue weighted by Crippen LogP contribution is 2.05. The smallest absolute Gasteiger partial charge is 0.136 e. The minimum absolute atomic E-state index is 0.169. The number of hydrogen-bond acceptors (Lipinski definition) is 2. The lowest BCUT2D eigenvalue weighted by atomic mass is 10.3. The first-order valence-electron chi connectivity index (χ1n) is 3.93. The first kappa shape index (κ1) is 7.31. The van der Waals surface area contributed by atoms with Crippen LogP contribution in [0.3, 0.4) is 0 Å². The third kappa shape index (κ3) is 1.08. The van der Waals surface area contributed by atoms with Gasteiger partial charge in [-0.3, -0.25) is 0 Å². The lowest BCUT2D eigenvalue weighted by Gasteiger charge is -1.97. The minimum Gasteiger partial charge on any atom is -0.396 e. The van der Waals surface area contributed by atoms with Crippen molar-refractivity contribution in [3.05, 3.63) is 36.3 Å². The average Bonchev–Trinajstić information content (AvgIpc) is 2.50. The Morgan fingerprint density at radius 1 is 1.42 bits per heavy atom. The van der Waals surface area contributed by atoms with Gasteiger partial charge in [0.2, 0.25) is 0 Å². The van der Waals surface area contributed by atoms with Crippen molar-refractivity contribution in [3.63, 3.8) is 0 Å². The highest BCUT2D eigenvalue weighted by Gasteiger charge is 1.99. The van der Waals surface area contributed by atoms with Gasteiger partial charge in [-0.25, -0.2) is 4.98 Å². The number of fused-ring (bicyclic) bond motifs is 1. The van der Waals surface area contributed by atoms with Crippen molar-refractivity contribution < 1.29 is 5.11 Å². The average molecular weight is 162 g/mol. The first-order chi connectivity index (χ1) is 5.92. The van der Waals surface area contributed by atoms with Crippen molar-refractivity contribution in [1.82, 2.24) is 9.38 Å². The van der Waals surface area contributed by atoms with Crippen LogP contribution < -0.4 is 0 Å². The van der Waals surface area contributed by atoms with Crippen LogP contribution in [-0.2, 0) is 6.42 Å². The molecule has 3 heteroatoms. The van der Waals surface area contributed by atoms with Crippen molar-refractivity contribution in [2.75, 3.05) is 6.61 Å². The molecular formula is C9H10N2O. The van der Waals surface area contributed by atoms with Crippen LogP contribution >= 0.6 is 0 Å². The predicted molar refractivity (Wildman–Crippen MR) is 46.0 cm³/mol. The molecule has 12 heavy (non-hydrogen) atoms. The van der Waals surface area contributed by atoms with E-state index in [1.807, 2.05) is 28.8 Å². The third-order valence-corrected chi connectivity index (χ3v) is 1.86. The van der Waals surface area contributed by atoms with Gasteiger partial charge in [-0.15, -0.1) is 0 Å². The van der Waals surface area contributed by atoms with Gasteiger partial charge >= 0.3 is 0 Å². The third-order valence-electron chi connectivity index (χ3n) is 1.86. The van der Waals surface area contributed by atoms with Crippen molar-refractivity contribution in [3.8, 4) is 0 Å². The Morgan fingerprint density at radius 2 is 2.33 bits per heavy atom. The van der Waals surface area contributed by atoms with Crippen LogP contribution in [0.25, 0.3) is 5.65 Å². The van der Waals surface area contributed by atoms with E-state index in [0.717, 1.165) is 11.3 Å². The van der Waals surface area contributed by atoms with E-state index in [0.29, 0.717) is 6.42 Å². The summed E-state index contributed by atoms with van der Waals surface area (Å²) >= 11 is 0. The topological polar surface area (TPSA) is 37.5 Å². The maximum absolute atomic E-state index is 8.76. The second-order valence-electron chi connectivity index (χ2n) is 2.65. The molecule has 62 valence electrons. The van der Waals surface area contributed by atoms with E-state index in [-0.39, 0.29) is 6.61 Å². The summed E-state index contributed by atoms with van der Waals surface area (Å²) in [5, 5.41) is 8.76. The zero-order valence-corrected chi connectivity index (χ0v) is 6.64. The van der Waals surface area contributed by atoms with E-state index in [2.05, 4.69) is 4.98 Å². The number of pyridine rings is 1. The number of hydrogen-bond donors (Lipinski definition) is 1. The molecule has 2 aromatic rings. The number of nitrogens with zero attached hydrogens (tertiary/aromatic N) is 2. The summed E-state index contributed by atoms with van der Waals surface area (Å²) in [6, 6.07) is 5.85. The largest absolute Gasteiger partial charge is 0.396 e. The summed E-state index contributed by atoms with van der Waals surface area (Å²) in [6.45, 7) is 0.169. The molecule has 0 saturated carbocycles. The Morgan fingerprint density at radius 3 is 3.17 bits per heavy atom. The molecule has 0 radical (unpaired) electrons. The van der Waals surface area contributed by atoms with E-state index in [1.54, 1.807) is 6.20 Å². The highest BCUT2D eigenvalue weighted by atomic mass is 16.3. The molecule has 0 aliphatic carbocycles. The predicted octanol–water partition coefficient (Wildman–Crippen LogP) is 0.869. The van der Waals surface area contributed by atoms with E-state index in [9.17, 15) is 0 Å². The van der Waals surface area contributed by atoms with Gasteiger partial charge in [-0.05, 0) is 12.1 Å². The van der Waals surface area contributed by atoms with Crippen molar-refractivity contribution >= 4 is 5.65 Å². The Labute approximate surface area is 70.3 Å². The number of aliphatic hydroxyl groups is 1. The summed E-state index contributed by atoms with van der Waals surface area (Å²) in [4.78, 5) is 4.19. The molecule has 0 aromatic carbocycles. The molecule has 3 nitrogen and oxygen atoms in total. The second kappa shape index (κ2) is 2.95. The Bertz CT molecular complexity index is 381. The van der Waals surface area contributed by atoms with E-state index < -0.39 is 0 Å². The second-order valence-corrected chi connectivity index (χ2v) is 2.65. The number of imidazole rings is 1. The molecule has 0 aliphatic rings. The summed E-state index contributed by atoms with van der Waals surface area (Å²) in [7, 11) is 0. The molecule has 0 fully saturated rings.